The van der Waals surface area contributed by atoms with E-state index in [1.165, 1.54) is 0 Å². The van der Waals surface area contributed by atoms with Crippen molar-refractivity contribution in [2.75, 3.05) is 11.5 Å². The minimum atomic E-state index is -0.223. The van der Waals surface area contributed by atoms with Crippen molar-refractivity contribution in [2.24, 2.45) is 0 Å². The zero-order valence-electron chi connectivity index (χ0n) is 8.69. The molecule has 0 amide bonds. The second-order valence-electron chi connectivity index (χ2n) is 3.23. The Morgan fingerprint density at radius 2 is 2.43 bits per heavy atom. The van der Waals surface area contributed by atoms with Crippen molar-refractivity contribution in [2.45, 2.75) is 32.8 Å². The molecular weight excluding hydrogens is 214 g/mol. The lowest BCUT2D eigenvalue weighted by molar-refractivity contribution is 0.172. The van der Waals surface area contributed by atoms with Crippen LogP contribution < -0.4 is 0 Å². The SMILES string of the molecule is CCSCCC(O)Cc1nc(C)cs1. The van der Waals surface area contributed by atoms with Gasteiger partial charge in [-0.3, -0.25) is 0 Å². The first-order valence-electron chi connectivity index (χ1n) is 4.89. The highest BCUT2D eigenvalue weighted by atomic mass is 32.2. The lowest BCUT2D eigenvalue weighted by atomic mass is 10.2. The fraction of sp³-hybridized carbons (Fsp3) is 0.700. The molecule has 14 heavy (non-hydrogen) atoms. The summed E-state index contributed by atoms with van der Waals surface area (Å²) in [6.45, 7) is 4.13. The molecule has 1 heterocycles. The van der Waals surface area contributed by atoms with E-state index in [-0.39, 0.29) is 6.10 Å². The van der Waals surface area contributed by atoms with E-state index in [2.05, 4.69) is 11.9 Å². The van der Waals surface area contributed by atoms with Gasteiger partial charge >= 0.3 is 0 Å². The van der Waals surface area contributed by atoms with Crippen LogP contribution in [0.2, 0.25) is 0 Å². The Hall–Kier alpha value is -0.0600. The molecule has 1 atom stereocenters. The summed E-state index contributed by atoms with van der Waals surface area (Å²) in [6.07, 6.45) is 1.36. The molecule has 2 nitrogen and oxygen atoms in total. The minimum Gasteiger partial charge on any atom is -0.393 e. The predicted octanol–water partition coefficient (Wildman–Crippen LogP) is 2.50. The number of aliphatic hydroxyl groups excluding tert-OH is 1. The first-order valence-corrected chi connectivity index (χ1v) is 6.92. The van der Waals surface area contributed by atoms with Crippen LogP contribution in [-0.4, -0.2) is 27.7 Å². The molecule has 0 spiro atoms. The molecule has 0 fully saturated rings. The smallest absolute Gasteiger partial charge is 0.0953 e. The summed E-state index contributed by atoms with van der Waals surface area (Å²) in [5.74, 6) is 2.17. The van der Waals surface area contributed by atoms with Gasteiger partial charge in [0.1, 0.15) is 0 Å². The summed E-state index contributed by atoms with van der Waals surface area (Å²) in [7, 11) is 0. The third kappa shape index (κ3) is 4.44. The maximum absolute atomic E-state index is 9.69. The van der Waals surface area contributed by atoms with Gasteiger partial charge in [0.2, 0.25) is 0 Å². The third-order valence-electron chi connectivity index (χ3n) is 1.88. The Morgan fingerprint density at radius 3 is 3.00 bits per heavy atom. The van der Waals surface area contributed by atoms with E-state index in [9.17, 15) is 5.11 Å². The molecule has 0 radical (unpaired) electrons. The van der Waals surface area contributed by atoms with E-state index >= 15 is 0 Å². The van der Waals surface area contributed by atoms with Crippen LogP contribution in [0, 0.1) is 6.92 Å². The van der Waals surface area contributed by atoms with E-state index in [0.717, 1.165) is 28.6 Å². The Labute approximate surface area is 93.8 Å². The predicted molar refractivity (Wildman–Crippen MR) is 64.2 cm³/mol. The zero-order valence-corrected chi connectivity index (χ0v) is 10.3. The summed E-state index contributed by atoms with van der Waals surface area (Å²) in [6, 6.07) is 0. The second kappa shape index (κ2) is 6.43. The van der Waals surface area contributed by atoms with E-state index < -0.39 is 0 Å². The standard InChI is InChI=1S/C10H17NOS2/c1-3-13-5-4-9(12)6-10-11-8(2)7-14-10/h7,9,12H,3-6H2,1-2H3. The van der Waals surface area contributed by atoms with Crippen LogP contribution in [0.1, 0.15) is 24.0 Å². The van der Waals surface area contributed by atoms with Crippen LogP contribution in [-0.2, 0) is 6.42 Å². The molecule has 0 aliphatic heterocycles. The Bertz CT molecular complexity index is 262. The fourth-order valence-electron chi connectivity index (χ4n) is 1.16. The van der Waals surface area contributed by atoms with Gasteiger partial charge in [0.15, 0.2) is 0 Å². The molecule has 0 aromatic carbocycles. The van der Waals surface area contributed by atoms with Crippen molar-refractivity contribution in [3.05, 3.63) is 16.1 Å². The van der Waals surface area contributed by atoms with Crippen molar-refractivity contribution < 1.29 is 5.11 Å². The lowest BCUT2D eigenvalue weighted by Gasteiger charge is -2.07. The third-order valence-corrected chi connectivity index (χ3v) is 3.80. The average molecular weight is 231 g/mol. The summed E-state index contributed by atoms with van der Waals surface area (Å²) < 4.78 is 0. The molecule has 1 unspecified atom stereocenters. The van der Waals surface area contributed by atoms with Crippen molar-refractivity contribution in [3.63, 3.8) is 0 Å². The quantitative estimate of drug-likeness (QED) is 0.764. The molecule has 80 valence electrons. The van der Waals surface area contributed by atoms with E-state index in [1.807, 2.05) is 24.1 Å². The highest BCUT2D eigenvalue weighted by Crippen LogP contribution is 2.13. The van der Waals surface area contributed by atoms with E-state index in [4.69, 9.17) is 0 Å². The van der Waals surface area contributed by atoms with Crippen LogP contribution >= 0.6 is 23.1 Å². The van der Waals surface area contributed by atoms with Gasteiger partial charge in [0.25, 0.3) is 0 Å². The second-order valence-corrected chi connectivity index (χ2v) is 5.56. The summed E-state index contributed by atoms with van der Waals surface area (Å²) >= 11 is 3.51. The van der Waals surface area contributed by atoms with Crippen molar-refractivity contribution in [3.8, 4) is 0 Å². The molecule has 1 aromatic rings. The minimum absolute atomic E-state index is 0.223. The number of aliphatic hydroxyl groups is 1. The molecule has 0 saturated heterocycles. The van der Waals surface area contributed by atoms with Crippen LogP contribution in [0.25, 0.3) is 0 Å². The van der Waals surface area contributed by atoms with Crippen molar-refractivity contribution >= 4 is 23.1 Å². The molecule has 1 aromatic heterocycles. The normalized spacial score (nSPS) is 13.1. The number of hydrogen-bond acceptors (Lipinski definition) is 4. The van der Waals surface area contributed by atoms with Gasteiger partial charge in [-0.25, -0.2) is 4.98 Å². The highest BCUT2D eigenvalue weighted by Gasteiger charge is 2.07. The van der Waals surface area contributed by atoms with Gasteiger partial charge in [-0.05, 0) is 24.9 Å². The van der Waals surface area contributed by atoms with Gasteiger partial charge in [-0.1, -0.05) is 6.92 Å². The van der Waals surface area contributed by atoms with Crippen molar-refractivity contribution in [1.29, 1.82) is 0 Å². The van der Waals surface area contributed by atoms with Gasteiger partial charge in [-0.15, -0.1) is 11.3 Å². The Balaban J connectivity index is 2.23. The summed E-state index contributed by atoms with van der Waals surface area (Å²) in [5.41, 5.74) is 1.06. The largest absolute Gasteiger partial charge is 0.393 e. The topological polar surface area (TPSA) is 33.1 Å². The molecule has 0 bridgehead atoms. The number of nitrogens with zero attached hydrogens (tertiary/aromatic N) is 1. The summed E-state index contributed by atoms with van der Waals surface area (Å²) in [4.78, 5) is 4.33. The van der Waals surface area contributed by atoms with E-state index in [1.54, 1.807) is 11.3 Å². The zero-order chi connectivity index (χ0) is 10.4. The number of rotatable bonds is 6. The molecule has 1 rings (SSSR count). The molecule has 0 saturated carbocycles. The molecule has 1 N–H and O–H groups in total. The maximum atomic E-state index is 9.69. The van der Waals surface area contributed by atoms with Crippen LogP contribution in [0.5, 0.6) is 0 Å². The number of aryl methyl sites for hydroxylation is 1. The lowest BCUT2D eigenvalue weighted by Crippen LogP contribution is -2.11. The monoisotopic (exact) mass is 231 g/mol. The molecular formula is C10H17NOS2. The van der Waals surface area contributed by atoms with Crippen LogP contribution in [0.15, 0.2) is 5.38 Å². The first-order chi connectivity index (χ1) is 6.72. The number of thioether (sulfide) groups is 1. The van der Waals surface area contributed by atoms with Gasteiger partial charge in [0, 0.05) is 17.5 Å². The van der Waals surface area contributed by atoms with Crippen molar-refractivity contribution in [1.82, 2.24) is 4.98 Å². The summed E-state index contributed by atoms with van der Waals surface area (Å²) in [5, 5.41) is 12.8. The number of hydrogen-bond donors (Lipinski definition) is 1. The Morgan fingerprint density at radius 1 is 1.64 bits per heavy atom. The molecule has 0 aliphatic rings. The van der Waals surface area contributed by atoms with Crippen LogP contribution in [0.3, 0.4) is 0 Å². The fourth-order valence-corrected chi connectivity index (χ4v) is 2.74. The number of thiazole rings is 1. The first kappa shape index (κ1) is 12.0. The molecule has 0 aliphatic carbocycles. The highest BCUT2D eigenvalue weighted by molar-refractivity contribution is 7.99. The molecule has 4 heteroatoms. The average Bonchev–Trinajstić information content (AvgIpc) is 2.52. The Kier molecular flexibility index (Phi) is 5.52. The van der Waals surface area contributed by atoms with E-state index in [0.29, 0.717) is 6.42 Å². The van der Waals surface area contributed by atoms with Gasteiger partial charge in [0.05, 0.1) is 11.1 Å². The van der Waals surface area contributed by atoms with Gasteiger partial charge in [-0.2, -0.15) is 11.8 Å². The van der Waals surface area contributed by atoms with Crippen LogP contribution in [0.4, 0.5) is 0 Å². The maximum Gasteiger partial charge on any atom is 0.0953 e. The number of aromatic nitrogens is 1. The van der Waals surface area contributed by atoms with Gasteiger partial charge < -0.3 is 5.11 Å².